The number of methoxy groups -OCH3 is 1. The molecule has 234 valence electrons. The fourth-order valence-electron chi connectivity index (χ4n) is 6.90. The maximum Gasteiger partial charge on any atom is 0.312 e. The minimum atomic E-state index is -0.842. The van der Waals surface area contributed by atoms with Gasteiger partial charge < -0.3 is 9.47 Å². The van der Waals surface area contributed by atoms with Crippen LogP contribution in [0.4, 0.5) is 0 Å². The van der Waals surface area contributed by atoms with Crippen molar-refractivity contribution in [2.45, 2.75) is 66.2 Å². The number of rotatable bonds is 7. The molecule has 0 N–H and O–H groups in total. The van der Waals surface area contributed by atoms with Crippen molar-refractivity contribution in [2.75, 3.05) is 13.7 Å². The SMILES string of the molecule is CC[C@@H]1CN(Cc2cc(C(c3ccc4c(nnn4C)c3C)C(C)(C)C(=O)OC)ccc2C)Cc2cc3c(Cl)cccc3cc2O1. The van der Waals surface area contributed by atoms with Crippen LogP contribution < -0.4 is 4.74 Å². The van der Waals surface area contributed by atoms with Gasteiger partial charge in [-0.3, -0.25) is 9.69 Å². The van der Waals surface area contributed by atoms with Crippen molar-refractivity contribution in [3.05, 3.63) is 99.1 Å². The summed E-state index contributed by atoms with van der Waals surface area (Å²) < 4.78 is 13.7. The van der Waals surface area contributed by atoms with Crippen LogP contribution in [0, 0.1) is 19.3 Å². The van der Waals surface area contributed by atoms with Crippen LogP contribution in [0.25, 0.3) is 21.8 Å². The van der Waals surface area contributed by atoms with Gasteiger partial charge in [-0.1, -0.05) is 60.1 Å². The molecule has 5 aromatic rings. The van der Waals surface area contributed by atoms with Crippen LogP contribution >= 0.6 is 11.6 Å². The number of fused-ring (bicyclic) bond motifs is 3. The Bertz CT molecular complexity index is 1910. The Balaban J connectivity index is 1.41. The third kappa shape index (κ3) is 5.68. The van der Waals surface area contributed by atoms with Gasteiger partial charge in [0.2, 0.25) is 0 Å². The molecule has 1 unspecified atom stereocenters. The second-order valence-corrected chi connectivity index (χ2v) is 13.3. The summed E-state index contributed by atoms with van der Waals surface area (Å²) in [6.07, 6.45) is 0.973. The van der Waals surface area contributed by atoms with E-state index in [9.17, 15) is 4.79 Å². The second-order valence-electron chi connectivity index (χ2n) is 12.9. The molecule has 2 heterocycles. The Labute approximate surface area is 270 Å². The number of aromatic nitrogens is 3. The maximum atomic E-state index is 13.3. The van der Waals surface area contributed by atoms with Crippen molar-refractivity contribution in [1.82, 2.24) is 19.9 Å². The first-order chi connectivity index (χ1) is 21.5. The highest BCUT2D eigenvalue weighted by atomic mass is 35.5. The average molecular weight is 625 g/mol. The third-order valence-corrected chi connectivity index (χ3v) is 9.87. The molecule has 4 aromatic carbocycles. The predicted octanol–water partition coefficient (Wildman–Crippen LogP) is 7.90. The molecular formula is C37H41ClN4O3. The second kappa shape index (κ2) is 12.1. The highest BCUT2D eigenvalue weighted by Gasteiger charge is 2.41. The number of ether oxygens (including phenoxy) is 2. The van der Waals surface area contributed by atoms with Gasteiger partial charge in [-0.25, -0.2) is 4.68 Å². The number of nitrogens with zero attached hydrogens (tertiary/aromatic N) is 4. The van der Waals surface area contributed by atoms with Gasteiger partial charge in [0.05, 0.1) is 18.0 Å². The molecule has 0 saturated heterocycles. The fraction of sp³-hybridized carbons (Fsp3) is 0.378. The van der Waals surface area contributed by atoms with Gasteiger partial charge in [0.25, 0.3) is 0 Å². The lowest BCUT2D eigenvalue weighted by Gasteiger charge is -2.34. The van der Waals surface area contributed by atoms with Crippen LogP contribution in [0.2, 0.25) is 5.02 Å². The van der Waals surface area contributed by atoms with Crippen molar-refractivity contribution in [1.29, 1.82) is 0 Å². The summed E-state index contributed by atoms with van der Waals surface area (Å²) in [5, 5.41) is 11.6. The maximum absolute atomic E-state index is 13.3. The summed E-state index contributed by atoms with van der Waals surface area (Å²) in [6.45, 7) is 12.6. The van der Waals surface area contributed by atoms with Gasteiger partial charge in [0.1, 0.15) is 17.4 Å². The van der Waals surface area contributed by atoms with E-state index in [1.807, 2.05) is 39.1 Å². The van der Waals surface area contributed by atoms with E-state index in [4.69, 9.17) is 21.1 Å². The number of halogens is 1. The number of esters is 1. The highest BCUT2D eigenvalue weighted by molar-refractivity contribution is 6.35. The Hall–Kier alpha value is -3.94. The zero-order chi connectivity index (χ0) is 32.0. The van der Waals surface area contributed by atoms with Gasteiger partial charge in [0, 0.05) is 48.6 Å². The molecule has 0 saturated carbocycles. The number of carbonyl (C=O) groups is 1. The fourth-order valence-corrected chi connectivity index (χ4v) is 7.13. The molecule has 8 heteroatoms. The zero-order valence-corrected chi connectivity index (χ0v) is 27.9. The molecule has 1 aromatic heterocycles. The number of hydrogen-bond donors (Lipinski definition) is 0. The molecule has 6 rings (SSSR count). The van der Waals surface area contributed by atoms with E-state index in [0.717, 1.165) is 80.9 Å². The lowest BCUT2D eigenvalue weighted by atomic mass is 9.69. The highest BCUT2D eigenvalue weighted by Crippen LogP contribution is 2.45. The van der Waals surface area contributed by atoms with Crippen LogP contribution in [0.1, 0.15) is 66.5 Å². The average Bonchev–Trinajstić information content (AvgIpc) is 3.31. The summed E-state index contributed by atoms with van der Waals surface area (Å²) in [7, 11) is 3.35. The summed E-state index contributed by atoms with van der Waals surface area (Å²) in [6, 6.07) is 21.1. The first kappa shape index (κ1) is 31.1. The first-order valence-electron chi connectivity index (χ1n) is 15.6. The number of hydrogen-bond acceptors (Lipinski definition) is 6. The standard InChI is InChI=1S/C37H41ClN4O3/c1-8-28-21-42(20-27-17-30-24(18-33(27)45-28)10-9-11-31(30)38)19-26-16-25(13-12-22(26)2)34(37(4,5)36(43)44-7)29-14-15-32-35(23(29)3)39-40-41(32)6/h9-18,28,34H,8,19-21H2,1-7H3/t28-,34?/m1/s1. The van der Waals surface area contributed by atoms with Crippen LogP contribution in [0.3, 0.4) is 0 Å². The van der Waals surface area contributed by atoms with E-state index in [1.165, 1.54) is 18.2 Å². The van der Waals surface area contributed by atoms with E-state index >= 15 is 0 Å². The van der Waals surface area contributed by atoms with E-state index in [0.29, 0.717) is 0 Å². The molecule has 0 fully saturated rings. The van der Waals surface area contributed by atoms with Crippen LogP contribution in [0.5, 0.6) is 5.75 Å². The van der Waals surface area contributed by atoms with Crippen molar-refractivity contribution < 1.29 is 14.3 Å². The molecule has 2 atom stereocenters. The number of carbonyl (C=O) groups excluding carboxylic acids is 1. The summed E-state index contributed by atoms with van der Waals surface area (Å²) in [5.41, 5.74) is 7.63. The van der Waals surface area contributed by atoms with Crippen LogP contribution in [-0.2, 0) is 29.7 Å². The van der Waals surface area contributed by atoms with E-state index in [1.54, 1.807) is 4.68 Å². The lowest BCUT2D eigenvalue weighted by Crippen LogP contribution is -2.34. The first-order valence-corrected chi connectivity index (χ1v) is 16.0. The van der Waals surface area contributed by atoms with Gasteiger partial charge in [-0.15, -0.1) is 5.10 Å². The Morgan fingerprint density at radius 2 is 1.93 bits per heavy atom. The van der Waals surface area contributed by atoms with Crippen LogP contribution in [-0.4, -0.2) is 45.6 Å². The quantitative estimate of drug-likeness (QED) is 0.172. The normalized spacial score (nSPS) is 16.3. The Morgan fingerprint density at radius 3 is 2.69 bits per heavy atom. The molecule has 1 aliphatic heterocycles. The minimum Gasteiger partial charge on any atom is -0.489 e. The Kier molecular flexibility index (Phi) is 8.35. The molecule has 45 heavy (non-hydrogen) atoms. The topological polar surface area (TPSA) is 69.5 Å². The predicted molar refractivity (Wildman–Crippen MR) is 180 cm³/mol. The molecule has 0 bridgehead atoms. The zero-order valence-electron chi connectivity index (χ0n) is 27.1. The Morgan fingerprint density at radius 1 is 1.13 bits per heavy atom. The van der Waals surface area contributed by atoms with Crippen molar-refractivity contribution in [3.8, 4) is 5.75 Å². The number of aryl methyl sites for hydroxylation is 3. The molecular weight excluding hydrogens is 584 g/mol. The van der Waals surface area contributed by atoms with E-state index in [-0.39, 0.29) is 18.0 Å². The molecule has 0 aliphatic carbocycles. The molecule has 0 radical (unpaired) electrons. The van der Waals surface area contributed by atoms with Crippen molar-refractivity contribution >= 4 is 39.4 Å². The molecule has 7 nitrogen and oxygen atoms in total. The van der Waals surface area contributed by atoms with E-state index < -0.39 is 5.41 Å². The summed E-state index contributed by atoms with van der Waals surface area (Å²) in [4.78, 5) is 15.8. The van der Waals surface area contributed by atoms with E-state index in [2.05, 4.69) is 78.4 Å². The minimum absolute atomic E-state index is 0.0683. The largest absolute Gasteiger partial charge is 0.489 e. The number of benzene rings is 4. The molecule has 1 aliphatic rings. The smallest absolute Gasteiger partial charge is 0.312 e. The third-order valence-electron chi connectivity index (χ3n) is 9.54. The lowest BCUT2D eigenvalue weighted by molar-refractivity contribution is -0.151. The van der Waals surface area contributed by atoms with Gasteiger partial charge >= 0.3 is 5.97 Å². The van der Waals surface area contributed by atoms with Gasteiger partial charge in [0.15, 0.2) is 0 Å². The van der Waals surface area contributed by atoms with Gasteiger partial charge in [-0.05, 0) is 91.6 Å². The van der Waals surface area contributed by atoms with Crippen molar-refractivity contribution in [3.63, 3.8) is 0 Å². The van der Waals surface area contributed by atoms with Gasteiger partial charge in [-0.2, -0.15) is 0 Å². The molecule has 0 spiro atoms. The summed E-state index contributed by atoms with van der Waals surface area (Å²) >= 11 is 6.60. The molecule has 0 amide bonds. The summed E-state index contributed by atoms with van der Waals surface area (Å²) in [5.74, 6) is 0.409. The van der Waals surface area contributed by atoms with Crippen molar-refractivity contribution in [2.24, 2.45) is 12.5 Å². The monoisotopic (exact) mass is 624 g/mol. The van der Waals surface area contributed by atoms with Crippen LogP contribution in [0.15, 0.2) is 60.7 Å².